The summed E-state index contributed by atoms with van der Waals surface area (Å²) in [6.07, 6.45) is 1.64. The van der Waals surface area contributed by atoms with Crippen LogP contribution in [0.3, 0.4) is 0 Å². The molecule has 0 aliphatic heterocycles. The SMILES string of the molecule is CCNC(C)C(=O)c1c[nH]c2ccc(F)cc12. The molecule has 0 amide bonds. The van der Waals surface area contributed by atoms with E-state index in [2.05, 4.69) is 10.3 Å². The minimum Gasteiger partial charge on any atom is -0.360 e. The summed E-state index contributed by atoms with van der Waals surface area (Å²) in [5, 5.41) is 3.69. The van der Waals surface area contributed by atoms with E-state index in [0.29, 0.717) is 10.9 Å². The topological polar surface area (TPSA) is 44.9 Å². The third-order valence-electron chi connectivity index (χ3n) is 2.81. The Kier molecular flexibility index (Phi) is 3.24. The van der Waals surface area contributed by atoms with Crippen molar-refractivity contribution in [2.24, 2.45) is 0 Å². The number of H-pyrrole nitrogens is 1. The van der Waals surface area contributed by atoms with Crippen molar-refractivity contribution < 1.29 is 9.18 Å². The Labute approximate surface area is 99.0 Å². The molecule has 1 atom stereocenters. The van der Waals surface area contributed by atoms with Crippen LogP contribution in [0, 0.1) is 5.82 Å². The second-order valence-corrected chi connectivity index (χ2v) is 4.04. The van der Waals surface area contributed by atoms with Gasteiger partial charge in [-0.2, -0.15) is 0 Å². The summed E-state index contributed by atoms with van der Waals surface area (Å²) < 4.78 is 13.2. The summed E-state index contributed by atoms with van der Waals surface area (Å²) in [5.74, 6) is -0.356. The van der Waals surface area contributed by atoms with E-state index < -0.39 is 0 Å². The molecule has 0 bridgehead atoms. The third kappa shape index (κ3) is 2.22. The molecular formula is C13H15FN2O. The van der Waals surface area contributed by atoms with Gasteiger partial charge in [0.2, 0.25) is 0 Å². The highest BCUT2D eigenvalue weighted by Gasteiger charge is 2.17. The van der Waals surface area contributed by atoms with Gasteiger partial charge in [-0.05, 0) is 31.7 Å². The van der Waals surface area contributed by atoms with E-state index in [4.69, 9.17) is 0 Å². The zero-order chi connectivity index (χ0) is 12.4. The number of benzene rings is 1. The molecule has 0 radical (unpaired) electrons. The highest BCUT2D eigenvalue weighted by Crippen LogP contribution is 2.20. The smallest absolute Gasteiger partial charge is 0.181 e. The normalized spacial score (nSPS) is 12.9. The van der Waals surface area contributed by atoms with Gasteiger partial charge in [0.1, 0.15) is 5.82 Å². The molecule has 2 rings (SSSR count). The highest BCUT2D eigenvalue weighted by atomic mass is 19.1. The van der Waals surface area contributed by atoms with Crippen LogP contribution in [-0.4, -0.2) is 23.4 Å². The number of carbonyl (C=O) groups is 1. The molecule has 0 saturated carbocycles. The van der Waals surface area contributed by atoms with Crippen molar-refractivity contribution in [3.05, 3.63) is 35.8 Å². The number of hydrogen-bond donors (Lipinski definition) is 2. The Morgan fingerprint density at radius 1 is 1.53 bits per heavy atom. The molecule has 0 aliphatic rings. The molecule has 17 heavy (non-hydrogen) atoms. The number of nitrogens with one attached hydrogen (secondary N) is 2. The summed E-state index contributed by atoms with van der Waals surface area (Å²) in [4.78, 5) is 15.1. The number of carbonyl (C=O) groups excluding carboxylic acids is 1. The average Bonchev–Trinajstić information content (AvgIpc) is 2.71. The Balaban J connectivity index is 2.41. The number of aromatic amines is 1. The Morgan fingerprint density at radius 2 is 2.29 bits per heavy atom. The van der Waals surface area contributed by atoms with Crippen LogP contribution in [0.15, 0.2) is 24.4 Å². The standard InChI is InChI=1S/C13H15FN2O/c1-3-15-8(2)13(17)11-7-16-12-5-4-9(14)6-10(11)12/h4-8,15-16H,3H2,1-2H3. The number of rotatable bonds is 4. The summed E-state index contributed by atoms with van der Waals surface area (Å²) in [7, 11) is 0. The van der Waals surface area contributed by atoms with Crippen LogP contribution in [0.1, 0.15) is 24.2 Å². The van der Waals surface area contributed by atoms with E-state index in [-0.39, 0.29) is 17.6 Å². The van der Waals surface area contributed by atoms with Crippen molar-refractivity contribution in [2.45, 2.75) is 19.9 Å². The molecular weight excluding hydrogens is 219 g/mol. The van der Waals surface area contributed by atoms with Crippen molar-refractivity contribution in [2.75, 3.05) is 6.54 Å². The fourth-order valence-corrected chi connectivity index (χ4v) is 1.93. The van der Waals surface area contributed by atoms with E-state index in [1.807, 2.05) is 13.8 Å². The zero-order valence-electron chi connectivity index (χ0n) is 9.88. The molecule has 0 aliphatic carbocycles. The number of fused-ring (bicyclic) bond motifs is 1. The van der Waals surface area contributed by atoms with Gasteiger partial charge in [0, 0.05) is 22.7 Å². The molecule has 0 saturated heterocycles. The van der Waals surface area contributed by atoms with Gasteiger partial charge < -0.3 is 10.3 Å². The van der Waals surface area contributed by atoms with Gasteiger partial charge in [0.25, 0.3) is 0 Å². The van der Waals surface area contributed by atoms with Crippen LogP contribution in [0.2, 0.25) is 0 Å². The van der Waals surface area contributed by atoms with Crippen LogP contribution in [-0.2, 0) is 0 Å². The van der Waals surface area contributed by atoms with Crippen LogP contribution < -0.4 is 5.32 Å². The molecule has 1 aromatic heterocycles. The third-order valence-corrected chi connectivity index (χ3v) is 2.81. The molecule has 2 N–H and O–H groups in total. The van der Waals surface area contributed by atoms with Gasteiger partial charge in [-0.15, -0.1) is 0 Å². The molecule has 1 aromatic carbocycles. The molecule has 2 aromatic rings. The first-order chi connectivity index (χ1) is 8.13. The van der Waals surface area contributed by atoms with Crippen molar-refractivity contribution in [1.82, 2.24) is 10.3 Å². The van der Waals surface area contributed by atoms with Crippen molar-refractivity contribution in [3.63, 3.8) is 0 Å². The largest absolute Gasteiger partial charge is 0.360 e. The van der Waals surface area contributed by atoms with Gasteiger partial charge in [-0.3, -0.25) is 4.79 Å². The van der Waals surface area contributed by atoms with Crippen LogP contribution in [0.4, 0.5) is 4.39 Å². The predicted molar refractivity (Wildman–Crippen MR) is 65.7 cm³/mol. The van der Waals surface area contributed by atoms with E-state index >= 15 is 0 Å². The Hall–Kier alpha value is -1.68. The molecule has 4 heteroatoms. The van der Waals surface area contributed by atoms with E-state index in [1.165, 1.54) is 12.1 Å². The summed E-state index contributed by atoms with van der Waals surface area (Å²) in [5.41, 5.74) is 1.31. The molecule has 0 fully saturated rings. The number of likely N-dealkylation sites (N-methyl/N-ethyl adjacent to an activating group) is 1. The number of halogens is 1. The predicted octanol–water partition coefficient (Wildman–Crippen LogP) is 2.49. The zero-order valence-corrected chi connectivity index (χ0v) is 9.88. The minimum absolute atomic E-state index is 0.0244. The first-order valence-corrected chi connectivity index (χ1v) is 5.67. The maximum absolute atomic E-state index is 13.2. The lowest BCUT2D eigenvalue weighted by Gasteiger charge is -2.09. The summed E-state index contributed by atoms with van der Waals surface area (Å²) in [6.45, 7) is 4.48. The molecule has 3 nitrogen and oxygen atoms in total. The number of Topliss-reactive ketones (excluding diaryl/α,β-unsaturated/α-hetero) is 1. The lowest BCUT2D eigenvalue weighted by Crippen LogP contribution is -2.33. The lowest BCUT2D eigenvalue weighted by molar-refractivity contribution is 0.0953. The van der Waals surface area contributed by atoms with Gasteiger partial charge >= 0.3 is 0 Å². The monoisotopic (exact) mass is 234 g/mol. The molecule has 1 heterocycles. The van der Waals surface area contributed by atoms with Crippen LogP contribution in [0.5, 0.6) is 0 Å². The number of aromatic nitrogens is 1. The van der Waals surface area contributed by atoms with Crippen LogP contribution >= 0.6 is 0 Å². The van der Waals surface area contributed by atoms with Crippen molar-refractivity contribution >= 4 is 16.7 Å². The number of ketones is 1. The molecule has 0 spiro atoms. The minimum atomic E-state index is -0.331. The summed E-state index contributed by atoms with van der Waals surface area (Å²) in [6, 6.07) is 4.14. The van der Waals surface area contributed by atoms with Crippen molar-refractivity contribution in [3.8, 4) is 0 Å². The second-order valence-electron chi connectivity index (χ2n) is 4.04. The first-order valence-electron chi connectivity index (χ1n) is 5.67. The first kappa shape index (κ1) is 11.8. The van der Waals surface area contributed by atoms with E-state index in [0.717, 1.165) is 12.1 Å². The van der Waals surface area contributed by atoms with Gasteiger partial charge in [0.15, 0.2) is 5.78 Å². The Morgan fingerprint density at radius 3 is 3.00 bits per heavy atom. The van der Waals surface area contributed by atoms with Gasteiger partial charge in [-0.25, -0.2) is 4.39 Å². The fraction of sp³-hybridized carbons (Fsp3) is 0.308. The second kappa shape index (κ2) is 4.67. The maximum Gasteiger partial charge on any atom is 0.181 e. The molecule has 1 unspecified atom stereocenters. The average molecular weight is 234 g/mol. The van der Waals surface area contributed by atoms with E-state index in [9.17, 15) is 9.18 Å². The quantitative estimate of drug-likeness (QED) is 0.798. The fourth-order valence-electron chi connectivity index (χ4n) is 1.93. The highest BCUT2D eigenvalue weighted by molar-refractivity contribution is 6.10. The Bertz CT molecular complexity index is 547. The summed E-state index contributed by atoms with van der Waals surface area (Å²) >= 11 is 0. The lowest BCUT2D eigenvalue weighted by atomic mass is 10.0. The van der Waals surface area contributed by atoms with Crippen LogP contribution in [0.25, 0.3) is 10.9 Å². The van der Waals surface area contributed by atoms with Crippen molar-refractivity contribution in [1.29, 1.82) is 0 Å². The van der Waals surface area contributed by atoms with Gasteiger partial charge in [0.05, 0.1) is 6.04 Å². The number of hydrogen-bond acceptors (Lipinski definition) is 2. The maximum atomic E-state index is 13.2. The molecule has 90 valence electrons. The van der Waals surface area contributed by atoms with Gasteiger partial charge in [-0.1, -0.05) is 6.92 Å². The van der Waals surface area contributed by atoms with E-state index in [1.54, 1.807) is 12.3 Å².